The monoisotopic (exact) mass is 669 g/mol. The van der Waals surface area contributed by atoms with E-state index in [1.807, 2.05) is 19.9 Å². The maximum Gasteiger partial charge on any atom is 0.338 e. The molecule has 0 spiro atoms. The predicted molar refractivity (Wildman–Crippen MR) is 189 cm³/mol. The Kier molecular flexibility index (Phi) is 13.2. The number of nitrogens with one attached hydrogen (secondary N) is 3. The second-order valence-corrected chi connectivity index (χ2v) is 12.2. The number of rotatable bonds is 14. The maximum absolute atomic E-state index is 13.5. The van der Waals surface area contributed by atoms with Crippen molar-refractivity contribution in [1.29, 1.82) is 0 Å². The van der Waals surface area contributed by atoms with E-state index in [1.165, 1.54) is 11.8 Å². The first-order valence-corrected chi connectivity index (χ1v) is 16.5. The van der Waals surface area contributed by atoms with E-state index in [0.29, 0.717) is 46.1 Å². The van der Waals surface area contributed by atoms with Crippen molar-refractivity contribution in [3.05, 3.63) is 131 Å². The highest BCUT2D eigenvalue weighted by atomic mass is 35.5. The van der Waals surface area contributed by atoms with Crippen LogP contribution in [0.3, 0.4) is 0 Å². The van der Waals surface area contributed by atoms with Gasteiger partial charge < -0.3 is 20.7 Å². The molecule has 0 saturated carbocycles. The molecule has 0 bridgehead atoms. The number of benzene rings is 4. The molecule has 0 aliphatic carbocycles. The third kappa shape index (κ3) is 10.9. The van der Waals surface area contributed by atoms with E-state index in [0.717, 1.165) is 17.7 Å². The van der Waals surface area contributed by atoms with Crippen LogP contribution in [-0.4, -0.2) is 35.5 Å². The molecule has 0 saturated heterocycles. The molecule has 0 aliphatic rings. The van der Waals surface area contributed by atoms with Crippen LogP contribution >= 0.6 is 23.4 Å². The van der Waals surface area contributed by atoms with Gasteiger partial charge in [-0.1, -0.05) is 68.3 Å². The van der Waals surface area contributed by atoms with Gasteiger partial charge in [0.25, 0.3) is 11.8 Å². The number of anilines is 2. The molecule has 0 aliphatic heterocycles. The lowest BCUT2D eigenvalue weighted by molar-refractivity contribution is -0.116. The Hall–Kier alpha value is -4.86. The van der Waals surface area contributed by atoms with Gasteiger partial charge in [-0.05, 0) is 91.2 Å². The van der Waals surface area contributed by atoms with Crippen molar-refractivity contribution < 1.29 is 23.9 Å². The zero-order valence-corrected chi connectivity index (χ0v) is 27.7. The molecule has 4 rings (SSSR count). The molecule has 242 valence electrons. The van der Waals surface area contributed by atoms with Gasteiger partial charge in [0.05, 0.1) is 17.4 Å². The Morgan fingerprint density at radius 3 is 2.26 bits per heavy atom. The van der Waals surface area contributed by atoms with Crippen LogP contribution in [0, 0.1) is 0 Å². The Morgan fingerprint density at radius 1 is 0.809 bits per heavy atom. The third-order valence-electron chi connectivity index (χ3n) is 6.84. The molecule has 0 fully saturated rings. The van der Waals surface area contributed by atoms with Gasteiger partial charge >= 0.3 is 5.97 Å². The fourth-order valence-electron chi connectivity index (χ4n) is 4.34. The minimum Gasteiger partial charge on any atom is -0.462 e. The summed E-state index contributed by atoms with van der Waals surface area (Å²) >= 11 is 7.51. The average molecular weight is 670 g/mol. The second kappa shape index (κ2) is 17.7. The average Bonchev–Trinajstić information content (AvgIpc) is 3.07. The number of hydrogen-bond donors (Lipinski definition) is 3. The number of halogens is 1. The van der Waals surface area contributed by atoms with Gasteiger partial charge in [0.1, 0.15) is 5.70 Å². The van der Waals surface area contributed by atoms with Crippen molar-refractivity contribution in [2.75, 3.05) is 17.2 Å². The van der Waals surface area contributed by atoms with Crippen LogP contribution in [0.1, 0.15) is 59.4 Å². The van der Waals surface area contributed by atoms with Crippen molar-refractivity contribution in [1.82, 2.24) is 5.32 Å². The molecular weight excluding hydrogens is 634 g/mol. The van der Waals surface area contributed by atoms with Crippen LogP contribution in [0.5, 0.6) is 0 Å². The van der Waals surface area contributed by atoms with Crippen molar-refractivity contribution in [2.45, 2.75) is 43.3 Å². The number of amides is 3. The fraction of sp³-hybridized carbons (Fsp3) is 0.189. The summed E-state index contributed by atoms with van der Waals surface area (Å²) in [5, 5.41) is 8.56. The van der Waals surface area contributed by atoms with Crippen molar-refractivity contribution >= 4 is 64.5 Å². The van der Waals surface area contributed by atoms with E-state index in [-0.39, 0.29) is 11.6 Å². The summed E-state index contributed by atoms with van der Waals surface area (Å²) in [5.41, 5.74) is 2.55. The lowest BCUT2D eigenvalue weighted by Crippen LogP contribution is -2.30. The van der Waals surface area contributed by atoms with Gasteiger partial charge in [-0.2, -0.15) is 0 Å². The van der Waals surface area contributed by atoms with Crippen LogP contribution < -0.4 is 16.0 Å². The second-order valence-electron chi connectivity index (χ2n) is 10.5. The van der Waals surface area contributed by atoms with Crippen LogP contribution in [0.2, 0.25) is 5.02 Å². The first-order valence-electron chi connectivity index (χ1n) is 15.3. The van der Waals surface area contributed by atoms with E-state index in [2.05, 4.69) is 16.0 Å². The highest BCUT2D eigenvalue weighted by Gasteiger charge is 2.20. The van der Waals surface area contributed by atoms with Crippen molar-refractivity contribution in [2.24, 2.45) is 0 Å². The number of thioether (sulfide) groups is 1. The summed E-state index contributed by atoms with van der Waals surface area (Å²) in [6.45, 7) is 4.32. The number of carbonyl (C=O) groups is 4. The first kappa shape index (κ1) is 35.0. The fourth-order valence-corrected chi connectivity index (χ4v) is 5.55. The minimum atomic E-state index is -0.529. The molecule has 47 heavy (non-hydrogen) atoms. The van der Waals surface area contributed by atoms with Crippen molar-refractivity contribution in [3.8, 4) is 0 Å². The van der Waals surface area contributed by atoms with Gasteiger partial charge in [0.15, 0.2) is 0 Å². The Labute approximate surface area is 283 Å². The molecule has 3 N–H and O–H groups in total. The summed E-state index contributed by atoms with van der Waals surface area (Å²) in [6, 6.07) is 29.3. The van der Waals surface area contributed by atoms with Gasteiger partial charge in [0.2, 0.25) is 5.91 Å². The molecule has 3 amide bonds. The van der Waals surface area contributed by atoms with Crippen molar-refractivity contribution in [3.63, 3.8) is 0 Å². The summed E-state index contributed by atoms with van der Waals surface area (Å²) in [4.78, 5) is 52.5. The van der Waals surface area contributed by atoms with Crippen LogP contribution in [-0.2, 0) is 14.3 Å². The molecule has 0 aromatic heterocycles. The molecule has 10 heteroatoms. The van der Waals surface area contributed by atoms with E-state index in [4.69, 9.17) is 16.3 Å². The van der Waals surface area contributed by atoms with Gasteiger partial charge in [-0.3, -0.25) is 14.4 Å². The number of esters is 1. The summed E-state index contributed by atoms with van der Waals surface area (Å²) in [7, 11) is 0. The lowest BCUT2D eigenvalue weighted by atomic mass is 10.1. The topological polar surface area (TPSA) is 114 Å². The van der Waals surface area contributed by atoms with E-state index >= 15 is 0 Å². The largest absolute Gasteiger partial charge is 0.462 e. The third-order valence-corrected chi connectivity index (χ3v) is 8.43. The highest BCUT2D eigenvalue weighted by Crippen LogP contribution is 2.29. The highest BCUT2D eigenvalue weighted by molar-refractivity contribution is 8.00. The summed E-state index contributed by atoms with van der Waals surface area (Å²) in [6.07, 6.45) is 3.85. The Balaban J connectivity index is 1.43. The zero-order valence-electron chi connectivity index (χ0n) is 26.1. The quantitative estimate of drug-likeness (QED) is 0.0540. The minimum absolute atomic E-state index is 0.0326. The van der Waals surface area contributed by atoms with E-state index < -0.39 is 23.0 Å². The number of hydrogen-bond acceptors (Lipinski definition) is 6. The lowest BCUT2D eigenvalue weighted by Gasteiger charge is -2.16. The summed E-state index contributed by atoms with van der Waals surface area (Å²) in [5.74, 6) is -1.55. The van der Waals surface area contributed by atoms with Crippen LogP contribution in [0.4, 0.5) is 11.4 Å². The number of ether oxygens (including phenoxy) is 1. The first-order chi connectivity index (χ1) is 22.7. The summed E-state index contributed by atoms with van der Waals surface area (Å²) < 4.78 is 5.24. The Morgan fingerprint density at radius 2 is 1.55 bits per heavy atom. The smallest absolute Gasteiger partial charge is 0.338 e. The molecule has 0 heterocycles. The number of unbranched alkanes of at least 4 members (excludes halogenated alkanes) is 1. The van der Waals surface area contributed by atoms with Crippen LogP contribution in [0.15, 0.2) is 114 Å². The normalized spacial score (nSPS) is 11.7. The molecule has 4 aromatic carbocycles. The standard InChI is InChI=1S/C37H36ClN3O5S/c1-3-5-21-46-37(45)27-17-19-29(20-18-27)39-36(44)33(4-2)47-31-16-10-15-30(24-31)40-35(43)32(23-25-11-9-14-28(38)22-25)41-34(42)26-12-7-6-8-13-26/h6-20,22-24,33H,3-5,21H2,1-2H3,(H,39,44)(H,40,43)(H,41,42)/b32-23-. The molecule has 8 nitrogen and oxygen atoms in total. The number of carbonyl (C=O) groups excluding carboxylic acids is 4. The van der Waals surface area contributed by atoms with E-state index in [1.54, 1.807) is 103 Å². The Bertz CT molecular complexity index is 1730. The molecule has 1 unspecified atom stereocenters. The predicted octanol–water partition coefficient (Wildman–Crippen LogP) is 8.22. The van der Waals surface area contributed by atoms with Gasteiger partial charge in [0, 0.05) is 26.9 Å². The maximum atomic E-state index is 13.5. The van der Waals surface area contributed by atoms with Gasteiger partial charge in [-0.25, -0.2) is 4.79 Å². The SMILES string of the molecule is CCCCOC(=O)c1ccc(NC(=O)C(CC)Sc2cccc(NC(=O)/C(=C/c3cccc(Cl)c3)NC(=O)c3ccccc3)c2)cc1. The zero-order chi connectivity index (χ0) is 33.6. The van der Waals surface area contributed by atoms with E-state index in [9.17, 15) is 19.2 Å². The molecular formula is C37H36ClN3O5S. The molecule has 4 aromatic rings. The molecule has 1 atom stereocenters. The van der Waals surface area contributed by atoms with Crippen LogP contribution in [0.25, 0.3) is 6.08 Å². The van der Waals surface area contributed by atoms with Gasteiger partial charge in [-0.15, -0.1) is 11.8 Å². The molecule has 0 radical (unpaired) electrons.